The Bertz CT molecular complexity index is 620. The lowest BCUT2D eigenvalue weighted by Gasteiger charge is -2.39. The smallest absolute Gasteiger partial charge is 0.193 e. The van der Waals surface area contributed by atoms with Crippen LogP contribution < -0.4 is 5.32 Å². The Morgan fingerprint density at radius 3 is 2.59 bits per heavy atom. The highest BCUT2D eigenvalue weighted by atomic mass is 16.5. The molecule has 2 aliphatic rings. The van der Waals surface area contributed by atoms with E-state index in [1.165, 1.54) is 11.1 Å². The SMILES string of the molecule is CN=C(NCC1(OC)CCOCC1)N1CCN(Cc2cccc(C)c2)CC1. The van der Waals surface area contributed by atoms with E-state index < -0.39 is 0 Å². The summed E-state index contributed by atoms with van der Waals surface area (Å²) in [5.74, 6) is 0.980. The summed E-state index contributed by atoms with van der Waals surface area (Å²) in [6.45, 7) is 9.59. The molecule has 1 aromatic rings. The standard InChI is InChI=1S/C21H34N4O2/c1-18-5-4-6-19(15-18)16-24-9-11-25(12-10-24)20(22-2)23-17-21(26-3)7-13-27-14-8-21/h4-6,15H,7-14,16-17H2,1-3H3,(H,22,23). The van der Waals surface area contributed by atoms with Crippen LogP contribution in [-0.2, 0) is 16.0 Å². The van der Waals surface area contributed by atoms with Crippen molar-refractivity contribution in [2.45, 2.75) is 31.9 Å². The van der Waals surface area contributed by atoms with Crippen molar-refractivity contribution in [1.82, 2.24) is 15.1 Å². The van der Waals surface area contributed by atoms with Gasteiger partial charge in [-0.3, -0.25) is 9.89 Å². The molecule has 2 saturated heterocycles. The molecule has 1 N–H and O–H groups in total. The van der Waals surface area contributed by atoms with Gasteiger partial charge in [0.2, 0.25) is 0 Å². The fourth-order valence-electron chi connectivity index (χ4n) is 3.96. The van der Waals surface area contributed by atoms with Crippen molar-refractivity contribution in [3.05, 3.63) is 35.4 Å². The van der Waals surface area contributed by atoms with Crippen LogP contribution in [-0.4, -0.2) is 81.5 Å². The van der Waals surface area contributed by atoms with Crippen molar-refractivity contribution in [3.8, 4) is 0 Å². The van der Waals surface area contributed by atoms with Crippen LogP contribution in [0.3, 0.4) is 0 Å². The van der Waals surface area contributed by atoms with Gasteiger partial charge in [0.1, 0.15) is 0 Å². The molecule has 0 bridgehead atoms. The van der Waals surface area contributed by atoms with Crippen LogP contribution in [0.15, 0.2) is 29.3 Å². The quantitative estimate of drug-likeness (QED) is 0.630. The monoisotopic (exact) mass is 374 g/mol. The molecule has 0 aromatic heterocycles. The van der Waals surface area contributed by atoms with E-state index in [1.807, 2.05) is 7.05 Å². The fraction of sp³-hybridized carbons (Fsp3) is 0.667. The number of methoxy groups -OCH3 is 1. The largest absolute Gasteiger partial charge is 0.381 e. The maximum absolute atomic E-state index is 5.83. The summed E-state index contributed by atoms with van der Waals surface area (Å²) in [6.07, 6.45) is 1.86. The van der Waals surface area contributed by atoms with Crippen LogP contribution >= 0.6 is 0 Å². The molecule has 2 fully saturated rings. The van der Waals surface area contributed by atoms with Gasteiger partial charge in [-0.25, -0.2) is 0 Å². The highest BCUT2D eigenvalue weighted by Gasteiger charge is 2.33. The normalized spacial score (nSPS) is 21.3. The number of benzene rings is 1. The zero-order valence-corrected chi connectivity index (χ0v) is 17.0. The Morgan fingerprint density at radius 1 is 1.22 bits per heavy atom. The predicted octanol–water partition coefficient (Wildman–Crippen LogP) is 1.88. The first-order valence-corrected chi connectivity index (χ1v) is 10.0. The lowest BCUT2D eigenvalue weighted by molar-refractivity contribution is -0.0858. The van der Waals surface area contributed by atoms with Gasteiger partial charge in [0.05, 0.1) is 5.60 Å². The molecule has 0 saturated carbocycles. The first kappa shape index (κ1) is 20.1. The van der Waals surface area contributed by atoms with Crippen molar-refractivity contribution < 1.29 is 9.47 Å². The van der Waals surface area contributed by atoms with Crippen LogP contribution in [0.4, 0.5) is 0 Å². The fourth-order valence-corrected chi connectivity index (χ4v) is 3.96. The molecule has 0 aliphatic carbocycles. The first-order valence-electron chi connectivity index (χ1n) is 10.0. The lowest BCUT2D eigenvalue weighted by atomic mass is 9.94. The highest BCUT2D eigenvalue weighted by Crippen LogP contribution is 2.23. The zero-order valence-electron chi connectivity index (χ0n) is 17.0. The van der Waals surface area contributed by atoms with Crippen molar-refractivity contribution >= 4 is 5.96 Å². The van der Waals surface area contributed by atoms with Crippen molar-refractivity contribution in [3.63, 3.8) is 0 Å². The van der Waals surface area contributed by atoms with Gasteiger partial charge in [-0.1, -0.05) is 29.8 Å². The number of piperazine rings is 1. The minimum absolute atomic E-state index is 0.138. The minimum Gasteiger partial charge on any atom is -0.381 e. The van der Waals surface area contributed by atoms with Crippen molar-refractivity contribution in [1.29, 1.82) is 0 Å². The van der Waals surface area contributed by atoms with Crippen LogP contribution in [0.2, 0.25) is 0 Å². The molecule has 0 radical (unpaired) electrons. The molecule has 1 aromatic carbocycles. The molecule has 6 heteroatoms. The van der Waals surface area contributed by atoms with Gasteiger partial charge in [0.15, 0.2) is 5.96 Å². The second-order valence-electron chi connectivity index (χ2n) is 7.65. The number of ether oxygens (including phenoxy) is 2. The average Bonchev–Trinajstić information content (AvgIpc) is 2.70. The Labute approximate surface area is 163 Å². The number of aryl methyl sites for hydroxylation is 1. The number of nitrogens with zero attached hydrogens (tertiary/aromatic N) is 3. The molecule has 0 spiro atoms. The number of rotatable bonds is 5. The van der Waals surface area contributed by atoms with E-state index in [1.54, 1.807) is 7.11 Å². The second kappa shape index (κ2) is 9.53. The van der Waals surface area contributed by atoms with Gasteiger partial charge in [0, 0.05) is 79.5 Å². The molecule has 0 atom stereocenters. The lowest BCUT2D eigenvalue weighted by Crippen LogP contribution is -2.55. The Morgan fingerprint density at radius 2 is 1.96 bits per heavy atom. The summed E-state index contributed by atoms with van der Waals surface area (Å²) >= 11 is 0. The zero-order chi connectivity index (χ0) is 19.1. The van der Waals surface area contributed by atoms with Gasteiger partial charge in [0.25, 0.3) is 0 Å². The van der Waals surface area contributed by atoms with Crippen LogP contribution in [0.1, 0.15) is 24.0 Å². The summed E-state index contributed by atoms with van der Waals surface area (Å²) in [5, 5.41) is 3.55. The van der Waals surface area contributed by atoms with Gasteiger partial charge in [-0.15, -0.1) is 0 Å². The van der Waals surface area contributed by atoms with E-state index in [2.05, 4.69) is 51.3 Å². The van der Waals surface area contributed by atoms with Crippen LogP contribution in [0.5, 0.6) is 0 Å². The molecule has 6 nitrogen and oxygen atoms in total. The minimum atomic E-state index is -0.138. The Hall–Kier alpha value is -1.63. The number of guanidine groups is 1. The summed E-state index contributed by atoms with van der Waals surface area (Å²) < 4.78 is 11.3. The number of aliphatic imine (C=N–C) groups is 1. The number of hydrogen-bond donors (Lipinski definition) is 1. The van der Waals surface area contributed by atoms with Gasteiger partial charge in [-0.05, 0) is 12.5 Å². The Balaban J connectivity index is 1.48. The maximum atomic E-state index is 5.83. The summed E-state index contributed by atoms with van der Waals surface area (Å²) in [4.78, 5) is 9.39. The third-order valence-electron chi connectivity index (χ3n) is 5.78. The number of hydrogen-bond acceptors (Lipinski definition) is 4. The molecule has 2 aliphatic heterocycles. The van der Waals surface area contributed by atoms with Crippen molar-refractivity contribution in [2.24, 2.45) is 4.99 Å². The van der Waals surface area contributed by atoms with Gasteiger partial charge in [-0.2, -0.15) is 0 Å². The molecular formula is C21H34N4O2. The van der Waals surface area contributed by atoms with Gasteiger partial charge >= 0.3 is 0 Å². The van der Waals surface area contributed by atoms with E-state index in [-0.39, 0.29) is 5.60 Å². The molecular weight excluding hydrogens is 340 g/mol. The molecule has 2 heterocycles. The highest BCUT2D eigenvalue weighted by molar-refractivity contribution is 5.80. The van der Waals surface area contributed by atoms with E-state index in [0.717, 1.165) is 71.3 Å². The van der Waals surface area contributed by atoms with E-state index in [0.29, 0.717) is 0 Å². The third kappa shape index (κ3) is 5.43. The van der Waals surface area contributed by atoms with E-state index in [9.17, 15) is 0 Å². The maximum Gasteiger partial charge on any atom is 0.193 e. The summed E-state index contributed by atoms with van der Waals surface area (Å²) in [5.41, 5.74) is 2.59. The first-order chi connectivity index (χ1) is 13.1. The van der Waals surface area contributed by atoms with E-state index in [4.69, 9.17) is 9.47 Å². The van der Waals surface area contributed by atoms with Crippen molar-refractivity contribution in [2.75, 3.05) is 60.1 Å². The third-order valence-corrected chi connectivity index (χ3v) is 5.78. The summed E-state index contributed by atoms with van der Waals surface area (Å²) in [7, 11) is 3.67. The number of nitrogens with one attached hydrogen (secondary N) is 1. The predicted molar refractivity (Wildman–Crippen MR) is 109 cm³/mol. The van der Waals surface area contributed by atoms with Crippen LogP contribution in [0, 0.1) is 6.92 Å². The molecule has 0 unspecified atom stereocenters. The topological polar surface area (TPSA) is 49.3 Å². The molecule has 3 rings (SSSR count). The second-order valence-corrected chi connectivity index (χ2v) is 7.65. The Kier molecular flexibility index (Phi) is 7.10. The van der Waals surface area contributed by atoms with E-state index >= 15 is 0 Å². The molecule has 0 amide bonds. The molecule has 150 valence electrons. The van der Waals surface area contributed by atoms with Crippen LogP contribution in [0.25, 0.3) is 0 Å². The van der Waals surface area contributed by atoms with Gasteiger partial charge < -0.3 is 19.7 Å². The summed E-state index contributed by atoms with van der Waals surface area (Å²) in [6, 6.07) is 8.81. The average molecular weight is 375 g/mol. The molecule has 27 heavy (non-hydrogen) atoms.